The van der Waals surface area contributed by atoms with Crippen LogP contribution in [-0.2, 0) is 18.4 Å². The Hall–Kier alpha value is -2.89. The van der Waals surface area contributed by atoms with Gasteiger partial charge in [-0.25, -0.2) is 9.48 Å². The molecule has 6 heteroatoms. The summed E-state index contributed by atoms with van der Waals surface area (Å²) in [6.07, 6.45) is 7.21. The molecule has 0 spiro atoms. The predicted molar refractivity (Wildman–Crippen MR) is 80.6 cm³/mol. The van der Waals surface area contributed by atoms with Crippen molar-refractivity contribution in [2.45, 2.75) is 13.5 Å². The average Bonchev–Trinajstić information content (AvgIpc) is 3.13. The number of rotatable bonds is 4. The van der Waals surface area contributed by atoms with Crippen molar-refractivity contribution in [2.75, 3.05) is 0 Å². The Morgan fingerprint density at radius 3 is 2.50 bits per heavy atom. The second kappa shape index (κ2) is 5.85. The van der Waals surface area contributed by atoms with E-state index in [4.69, 9.17) is 4.74 Å². The lowest BCUT2D eigenvalue weighted by atomic mass is 10.2. The highest BCUT2D eigenvalue weighted by Crippen LogP contribution is 2.11. The highest BCUT2D eigenvalue weighted by atomic mass is 16.5. The molecule has 1 aromatic carbocycles. The van der Waals surface area contributed by atoms with Crippen LogP contribution in [0, 0.1) is 6.92 Å². The number of nitrogens with zero attached hydrogens (tertiary/aromatic N) is 4. The highest BCUT2D eigenvalue weighted by molar-refractivity contribution is 5.89. The maximum Gasteiger partial charge on any atom is 0.338 e. The van der Waals surface area contributed by atoms with E-state index >= 15 is 0 Å². The molecule has 2 aromatic heterocycles. The fraction of sp³-hybridized carbons (Fsp3) is 0.188. The smallest absolute Gasteiger partial charge is 0.338 e. The molecule has 3 aromatic rings. The van der Waals surface area contributed by atoms with Gasteiger partial charge in [0.25, 0.3) is 0 Å². The van der Waals surface area contributed by atoms with Crippen LogP contribution in [0.4, 0.5) is 0 Å². The first-order valence-corrected chi connectivity index (χ1v) is 6.88. The minimum atomic E-state index is -0.355. The van der Waals surface area contributed by atoms with Crippen LogP contribution in [0.1, 0.15) is 21.5 Å². The van der Waals surface area contributed by atoms with E-state index in [2.05, 4.69) is 10.2 Å². The molecule has 0 saturated heterocycles. The van der Waals surface area contributed by atoms with Crippen molar-refractivity contribution >= 4 is 5.97 Å². The number of ether oxygens (including phenoxy) is 1. The maximum atomic E-state index is 12.0. The summed E-state index contributed by atoms with van der Waals surface area (Å²) in [4.78, 5) is 12.0. The Balaban J connectivity index is 1.65. The summed E-state index contributed by atoms with van der Waals surface area (Å²) < 4.78 is 8.70. The molecule has 0 aliphatic rings. The molecular formula is C16H16N4O2. The first kappa shape index (κ1) is 14.1. The van der Waals surface area contributed by atoms with Gasteiger partial charge in [0, 0.05) is 25.0 Å². The third-order valence-corrected chi connectivity index (χ3v) is 3.21. The van der Waals surface area contributed by atoms with Gasteiger partial charge >= 0.3 is 5.97 Å². The number of hydrogen-bond acceptors (Lipinski definition) is 4. The predicted octanol–water partition coefficient (Wildman–Crippen LogP) is 2.27. The molecular weight excluding hydrogens is 280 g/mol. The molecule has 6 nitrogen and oxygen atoms in total. The van der Waals surface area contributed by atoms with Crippen molar-refractivity contribution in [1.82, 2.24) is 19.6 Å². The molecule has 0 aliphatic carbocycles. The molecule has 3 rings (SSSR count). The van der Waals surface area contributed by atoms with Crippen LogP contribution >= 0.6 is 0 Å². The van der Waals surface area contributed by atoms with Crippen LogP contribution in [0.2, 0.25) is 0 Å². The number of hydrogen-bond donors (Lipinski definition) is 0. The maximum absolute atomic E-state index is 12.0. The average molecular weight is 296 g/mol. The Morgan fingerprint density at radius 1 is 1.14 bits per heavy atom. The van der Waals surface area contributed by atoms with Crippen LogP contribution in [0.3, 0.4) is 0 Å². The lowest BCUT2D eigenvalue weighted by Gasteiger charge is -2.05. The monoisotopic (exact) mass is 296 g/mol. The minimum Gasteiger partial charge on any atom is -0.457 e. The number of aromatic nitrogens is 4. The molecule has 0 atom stereocenters. The number of esters is 1. The molecule has 0 aliphatic heterocycles. The van der Waals surface area contributed by atoms with Gasteiger partial charge in [0.15, 0.2) is 0 Å². The van der Waals surface area contributed by atoms with Crippen LogP contribution in [0.5, 0.6) is 0 Å². The van der Waals surface area contributed by atoms with E-state index in [1.54, 1.807) is 33.9 Å². The van der Waals surface area contributed by atoms with Gasteiger partial charge in [-0.15, -0.1) is 0 Å². The zero-order valence-electron chi connectivity index (χ0n) is 12.4. The topological polar surface area (TPSA) is 61.9 Å². The number of aryl methyl sites for hydroxylation is 2. The molecule has 2 heterocycles. The number of carbonyl (C=O) groups excluding carboxylic acids is 1. The molecule has 0 radical (unpaired) electrons. The van der Waals surface area contributed by atoms with Crippen molar-refractivity contribution in [3.63, 3.8) is 0 Å². The molecule has 0 saturated carbocycles. The molecule has 112 valence electrons. The van der Waals surface area contributed by atoms with Crippen LogP contribution < -0.4 is 0 Å². The largest absolute Gasteiger partial charge is 0.457 e. The van der Waals surface area contributed by atoms with Gasteiger partial charge < -0.3 is 4.74 Å². The summed E-state index contributed by atoms with van der Waals surface area (Å²) in [5, 5.41) is 8.26. The molecule has 0 fully saturated rings. The van der Waals surface area contributed by atoms with Gasteiger partial charge in [-0.05, 0) is 36.8 Å². The molecule has 0 N–H and O–H groups in total. The third kappa shape index (κ3) is 3.06. The van der Waals surface area contributed by atoms with Crippen LogP contribution in [0.25, 0.3) is 5.69 Å². The van der Waals surface area contributed by atoms with Crippen molar-refractivity contribution in [1.29, 1.82) is 0 Å². The molecule has 22 heavy (non-hydrogen) atoms. The van der Waals surface area contributed by atoms with E-state index < -0.39 is 0 Å². The van der Waals surface area contributed by atoms with Crippen molar-refractivity contribution in [3.8, 4) is 5.69 Å². The van der Waals surface area contributed by atoms with Gasteiger partial charge in [-0.1, -0.05) is 0 Å². The highest BCUT2D eigenvalue weighted by Gasteiger charge is 2.08. The van der Waals surface area contributed by atoms with E-state index in [0.29, 0.717) is 5.56 Å². The lowest BCUT2D eigenvalue weighted by molar-refractivity contribution is 0.0472. The zero-order valence-corrected chi connectivity index (χ0v) is 12.4. The Kier molecular flexibility index (Phi) is 3.74. The quantitative estimate of drug-likeness (QED) is 0.693. The lowest BCUT2D eigenvalue weighted by Crippen LogP contribution is -2.05. The fourth-order valence-electron chi connectivity index (χ4n) is 2.08. The van der Waals surface area contributed by atoms with Crippen molar-refractivity contribution < 1.29 is 9.53 Å². The van der Waals surface area contributed by atoms with E-state index in [1.165, 1.54) is 0 Å². The molecule has 0 amide bonds. The zero-order chi connectivity index (χ0) is 15.5. The Labute approximate surface area is 127 Å². The Morgan fingerprint density at radius 2 is 1.91 bits per heavy atom. The Bertz CT molecular complexity index is 787. The minimum absolute atomic E-state index is 0.215. The van der Waals surface area contributed by atoms with Gasteiger partial charge in [-0.3, -0.25) is 4.68 Å². The normalized spacial score (nSPS) is 10.6. The standard InChI is InChI=1S/C16H16N4O2/c1-12-7-18-20(9-12)15-5-3-14(4-6-15)16(21)22-11-13-8-17-19(2)10-13/h3-10H,11H2,1-2H3. The third-order valence-electron chi connectivity index (χ3n) is 3.21. The van der Waals surface area contributed by atoms with Crippen molar-refractivity contribution in [2.24, 2.45) is 7.05 Å². The van der Waals surface area contributed by atoms with E-state index in [1.807, 2.05) is 38.5 Å². The van der Waals surface area contributed by atoms with Gasteiger partial charge in [-0.2, -0.15) is 10.2 Å². The number of benzene rings is 1. The first-order chi connectivity index (χ1) is 10.6. The summed E-state index contributed by atoms with van der Waals surface area (Å²) in [5.41, 5.74) is 3.35. The SMILES string of the molecule is Cc1cnn(-c2ccc(C(=O)OCc3cnn(C)c3)cc2)c1. The summed E-state index contributed by atoms with van der Waals surface area (Å²) >= 11 is 0. The second-order valence-electron chi connectivity index (χ2n) is 5.11. The van der Waals surface area contributed by atoms with E-state index in [9.17, 15) is 4.79 Å². The van der Waals surface area contributed by atoms with Crippen LogP contribution in [-0.4, -0.2) is 25.5 Å². The van der Waals surface area contributed by atoms with E-state index in [-0.39, 0.29) is 12.6 Å². The second-order valence-corrected chi connectivity index (χ2v) is 5.11. The van der Waals surface area contributed by atoms with Gasteiger partial charge in [0.1, 0.15) is 6.61 Å². The molecule has 0 unspecified atom stereocenters. The molecule has 0 bridgehead atoms. The van der Waals surface area contributed by atoms with E-state index in [0.717, 1.165) is 16.8 Å². The van der Waals surface area contributed by atoms with Crippen molar-refractivity contribution in [3.05, 3.63) is 65.7 Å². The summed E-state index contributed by atoms with van der Waals surface area (Å²) in [6, 6.07) is 7.15. The van der Waals surface area contributed by atoms with Gasteiger partial charge in [0.2, 0.25) is 0 Å². The summed E-state index contributed by atoms with van der Waals surface area (Å²) in [7, 11) is 1.82. The van der Waals surface area contributed by atoms with Crippen LogP contribution in [0.15, 0.2) is 49.1 Å². The summed E-state index contributed by atoms with van der Waals surface area (Å²) in [5.74, 6) is -0.355. The number of carbonyl (C=O) groups is 1. The van der Waals surface area contributed by atoms with Gasteiger partial charge in [0.05, 0.1) is 23.6 Å². The first-order valence-electron chi connectivity index (χ1n) is 6.88. The fourth-order valence-corrected chi connectivity index (χ4v) is 2.08. The summed E-state index contributed by atoms with van der Waals surface area (Å²) in [6.45, 7) is 2.19.